The molecule has 0 aliphatic carbocycles. The number of aliphatic hydroxyl groups excluding tert-OH is 1. The molecular formula is C9H8ClFO2. The van der Waals surface area contributed by atoms with Gasteiger partial charge in [-0.3, -0.25) is 0 Å². The molecule has 70 valence electrons. The highest BCUT2D eigenvalue weighted by atomic mass is 35.5. The number of hydrogen-bond donors (Lipinski definition) is 1. The number of rotatable bonds is 0. The van der Waals surface area contributed by atoms with Gasteiger partial charge in [-0.25, -0.2) is 4.39 Å². The van der Waals surface area contributed by atoms with Crippen molar-refractivity contribution in [3.63, 3.8) is 0 Å². The summed E-state index contributed by atoms with van der Waals surface area (Å²) in [7, 11) is 0. The Morgan fingerprint density at radius 3 is 2.92 bits per heavy atom. The largest absolute Gasteiger partial charge is 0.486 e. The van der Waals surface area contributed by atoms with Crippen molar-refractivity contribution < 1.29 is 14.2 Å². The normalized spacial score (nSPS) is 25.5. The van der Waals surface area contributed by atoms with Crippen LogP contribution < -0.4 is 4.74 Å². The molecule has 1 aromatic rings. The third-order valence-corrected chi connectivity index (χ3v) is 2.38. The third-order valence-electron chi connectivity index (χ3n) is 2.10. The third kappa shape index (κ3) is 1.28. The van der Waals surface area contributed by atoms with E-state index in [0.717, 1.165) is 0 Å². The van der Waals surface area contributed by atoms with Crippen molar-refractivity contribution in [2.75, 3.05) is 0 Å². The number of halogens is 2. The number of fused-ring (bicyclic) bond motifs is 1. The minimum Gasteiger partial charge on any atom is -0.486 e. The fraction of sp³-hybridized carbons (Fsp3) is 0.333. The van der Waals surface area contributed by atoms with Crippen molar-refractivity contribution in [2.45, 2.75) is 19.1 Å². The van der Waals surface area contributed by atoms with Gasteiger partial charge in [-0.15, -0.1) is 0 Å². The van der Waals surface area contributed by atoms with E-state index in [1.165, 1.54) is 12.1 Å². The van der Waals surface area contributed by atoms with Gasteiger partial charge in [-0.2, -0.15) is 0 Å². The minimum atomic E-state index is -0.789. The lowest BCUT2D eigenvalue weighted by Gasteiger charge is -2.06. The predicted molar refractivity (Wildman–Crippen MR) is 46.5 cm³/mol. The van der Waals surface area contributed by atoms with E-state index in [9.17, 15) is 9.50 Å². The standard InChI is InChI=1S/C9H8ClFO2/c1-4-8(12)6-2-5(11)3-7(10)9(6)13-4/h2-4,8,12H,1H3. The summed E-state index contributed by atoms with van der Waals surface area (Å²) in [4.78, 5) is 0. The van der Waals surface area contributed by atoms with Crippen LogP contribution in [0.3, 0.4) is 0 Å². The smallest absolute Gasteiger partial charge is 0.144 e. The molecule has 4 heteroatoms. The monoisotopic (exact) mass is 202 g/mol. The molecule has 0 fully saturated rings. The van der Waals surface area contributed by atoms with Gasteiger partial charge in [0.25, 0.3) is 0 Å². The molecule has 13 heavy (non-hydrogen) atoms. The Kier molecular flexibility index (Phi) is 1.93. The van der Waals surface area contributed by atoms with Gasteiger partial charge in [0.15, 0.2) is 0 Å². The van der Waals surface area contributed by atoms with E-state index in [1.54, 1.807) is 6.92 Å². The van der Waals surface area contributed by atoms with Gasteiger partial charge >= 0.3 is 0 Å². The Morgan fingerprint density at radius 1 is 1.54 bits per heavy atom. The van der Waals surface area contributed by atoms with Gasteiger partial charge in [0, 0.05) is 5.56 Å². The molecule has 2 nitrogen and oxygen atoms in total. The Labute approximate surface area is 79.9 Å². The van der Waals surface area contributed by atoms with Crippen LogP contribution in [0.25, 0.3) is 0 Å². The zero-order chi connectivity index (χ0) is 9.59. The number of hydrogen-bond acceptors (Lipinski definition) is 2. The molecular weight excluding hydrogens is 195 g/mol. The van der Waals surface area contributed by atoms with E-state index in [1.807, 2.05) is 0 Å². The lowest BCUT2D eigenvalue weighted by atomic mass is 10.1. The average molecular weight is 203 g/mol. The second kappa shape index (κ2) is 2.86. The molecule has 0 aromatic heterocycles. The van der Waals surface area contributed by atoms with Gasteiger partial charge in [0.1, 0.15) is 23.8 Å². The van der Waals surface area contributed by atoms with Gasteiger partial charge in [0.2, 0.25) is 0 Å². The van der Waals surface area contributed by atoms with Crippen LogP contribution >= 0.6 is 11.6 Å². The van der Waals surface area contributed by atoms with Crippen LogP contribution in [0.4, 0.5) is 4.39 Å². The predicted octanol–water partition coefficient (Wildman–Crippen LogP) is 2.29. The van der Waals surface area contributed by atoms with Crippen molar-refractivity contribution in [1.82, 2.24) is 0 Å². The quantitative estimate of drug-likeness (QED) is 0.700. The first kappa shape index (κ1) is 8.78. The molecule has 1 aliphatic rings. The zero-order valence-corrected chi connectivity index (χ0v) is 7.68. The molecule has 0 saturated carbocycles. The van der Waals surface area contributed by atoms with Crippen LogP contribution in [0, 0.1) is 5.82 Å². The number of benzene rings is 1. The second-order valence-electron chi connectivity index (χ2n) is 3.07. The molecule has 0 radical (unpaired) electrons. The summed E-state index contributed by atoms with van der Waals surface area (Å²) in [6.45, 7) is 1.71. The lowest BCUT2D eigenvalue weighted by Crippen LogP contribution is -2.12. The van der Waals surface area contributed by atoms with Crippen molar-refractivity contribution in [2.24, 2.45) is 0 Å². The molecule has 1 heterocycles. The van der Waals surface area contributed by atoms with Crippen LogP contribution in [0.5, 0.6) is 5.75 Å². The van der Waals surface area contributed by atoms with E-state index < -0.39 is 11.9 Å². The first-order valence-electron chi connectivity index (χ1n) is 3.93. The fourth-order valence-corrected chi connectivity index (χ4v) is 1.69. The van der Waals surface area contributed by atoms with Crippen molar-refractivity contribution >= 4 is 11.6 Å². The van der Waals surface area contributed by atoms with Crippen LogP contribution in [0.15, 0.2) is 12.1 Å². The van der Waals surface area contributed by atoms with Gasteiger partial charge in [0.05, 0.1) is 5.02 Å². The number of ether oxygens (including phenoxy) is 1. The minimum absolute atomic E-state index is 0.207. The maximum Gasteiger partial charge on any atom is 0.144 e. The van der Waals surface area contributed by atoms with E-state index in [0.29, 0.717) is 11.3 Å². The summed E-state index contributed by atoms with van der Waals surface area (Å²) in [5.74, 6) is -0.0661. The summed E-state index contributed by atoms with van der Waals surface area (Å²) in [5, 5.41) is 9.76. The van der Waals surface area contributed by atoms with E-state index in [4.69, 9.17) is 16.3 Å². The number of aliphatic hydroxyl groups is 1. The van der Waals surface area contributed by atoms with Gasteiger partial charge < -0.3 is 9.84 Å². The average Bonchev–Trinajstić information content (AvgIpc) is 2.32. The Balaban J connectivity index is 2.57. The summed E-state index contributed by atoms with van der Waals surface area (Å²) in [5.41, 5.74) is 0.428. The van der Waals surface area contributed by atoms with Crippen LogP contribution in [-0.4, -0.2) is 11.2 Å². The molecule has 1 N–H and O–H groups in total. The summed E-state index contributed by atoms with van der Waals surface area (Å²) < 4.78 is 18.1. The molecule has 2 unspecified atom stereocenters. The molecule has 0 amide bonds. The Hall–Kier alpha value is -0.800. The summed E-state index contributed by atoms with van der Waals surface area (Å²) >= 11 is 5.73. The molecule has 1 aromatic carbocycles. The molecule has 0 spiro atoms. The second-order valence-corrected chi connectivity index (χ2v) is 3.48. The molecule has 2 rings (SSSR count). The maximum absolute atomic E-state index is 12.9. The highest BCUT2D eigenvalue weighted by Gasteiger charge is 2.31. The molecule has 1 aliphatic heterocycles. The zero-order valence-electron chi connectivity index (χ0n) is 6.92. The van der Waals surface area contributed by atoms with Crippen molar-refractivity contribution in [1.29, 1.82) is 0 Å². The first-order chi connectivity index (χ1) is 6.09. The van der Waals surface area contributed by atoms with Crippen LogP contribution in [0.2, 0.25) is 5.02 Å². The van der Waals surface area contributed by atoms with E-state index in [2.05, 4.69) is 0 Å². The molecule has 0 saturated heterocycles. The topological polar surface area (TPSA) is 29.5 Å². The highest BCUT2D eigenvalue weighted by Crippen LogP contribution is 2.41. The molecule has 0 bridgehead atoms. The summed E-state index contributed by atoms with van der Waals surface area (Å²) in [6, 6.07) is 2.42. The van der Waals surface area contributed by atoms with Gasteiger partial charge in [-0.1, -0.05) is 11.6 Å². The summed E-state index contributed by atoms with van der Waals surface area (Å²) in [6.07, 6.45) is -1.16. The van der Waals surface area contributed by atoms with Crippen molar-refractivity contribution in [3.8, 4) is 5.75 Å². The molecule has 2 atom stereocenters. The Bertz CT molecular complexity index is 354. The lowest BCUT2D eigenvalue weighted by molar-refractivity contribution is 0.0795. The van der Waals surface area contributed by atoms with Crippen LogP contribution in [-0.2, 0) is 0 Å². The maximum atomic E-state index is 12.9. The fourth-order valence-electron chi connectivity index (χ4n) is 1.43. The SMILES string of the molecule is CC1Oc2c(Cl)cc(F)cc2C1O. The van der Waals surface area contributed by atoms with Crippen molar-refractivity contribution in [3.05, 3.63) is 28.5 Å². The van der Waals surface area contributed by atoms with E-state index in [-0.39, 0.29) is 11.1 Å². The Morgan fingerprint density at radius 2 is 2.23 bits per heavy atom. The van der Waals surface area contributed by atoms with Crippen LogP contribution in [0.1, 0.15) is 18.6 Å². The van der Waals surface area contributed by atoms with Gasteiger partial charge in [-0.05, 0) is 19.1 Å². The first-order valence-corrected chi connectivity index (χ1v) is 4.31. The highest BCUT2D eigenvalue weighted by molar-refractivity contribution is 6.32. The van der Waals surface area contributed by atoms with E-state index >= 15 is 0 Å².